The van der Waals surface area contributed by atoms with E-state index in [9.17, 15) is 12.9 Å². The first-order valence-corrected chi connectivity index (χ1v) is 6.04. The van der Waals surface area contributed by atoms with Crippen LogP contribution in [0.3, 0.4) is 0 Å². The maximum atomic E-state index is 12.2. The van der Waals surface area contributed by atoms with Gasteiger partial charge >= 0.3 is 6.98 Å². The second-order valence-electron chi connectivity index (χ2n) is 3.80. The molecule has 82 valence electrons. The SMILES string of the molecule is C=C(CSC1CCCCC1)[B-](F)(F)F. The molecule has 1 saturated carbocycles. The summed E-state index contributed by atoms with van der Waals surface area (Å²) in [6.45, 7) is -1.72. The van der Waals surface area contributed by atoms with Gasteiger partial charge in [0.05, 0.1) is 0 Å². The maximum absolute atomic E-state index is 12.2. The molecule has 0 heterocycles. The Morgan fingerprint density at radius 3 is 2.29 bits per heavy atom. The summed E-state index contributed by atoms with van der Waals surface area (Å²) < 4.78 is 36.5. The highest BCUT2D eigenvalue weighted by Crippen LogP contribution is 2.31. The van der Waals surface area contributed by atoms with Crippen LogP contribution in [0.25, 0.3) is 0 Å². The summed E-state index contributed by atoms with van der Waals surface area (Å²) in [5.41, 5.74) is -0.541. The highest BCUT2D eigenvalue weighted by Gasteiger charge is 2.27. The van der Waals surface area contributed by atoms with Gasteiger partial charge in [0.25, 0.3) is 0 Å². The van der Waals surface area contributed by atoms with Crippen LogP contribution in [0, 0.1) is 0 Å². The Labute approximate surface area is 87.4 Å². The van der Waals surface area contributed by atoms with E-state index in [0.29, 0.717) is 5.25 Å². The molecule has 0 radical (unpaired) electrons. The third kappa shape index (κ3) is 3.99. The van der Waals surface area contributed by atoms with E-state index in [1.54, 1.807) is 0 Å². The van der Waals surface area contributed by atoms with Crippen LogP contribution in [-0.4, -0.2) is 18.0 Å². The van der Waals surface area contributed by atoms with E-state index in [1.807, 2.05) is 0 Å². The van der Waals surface area contributed by atoms with Crippen molar-refractivity contribution >= 4 is 18.7 Å². The Morgan fingerprint density at radius 2 is 1.79 bits per heavy atom. The minimum atomic E-state index is -4.82. The maximum Gasteiger partial charge on any atom is 0.505 e. The smallest absolute Gasteiger partial charge is 0.445 e. The third-order valence-electron chi connectivity index (χ3n) is 2.52. The van der Waals surface area contributed by atoms with Gasteiger partial charge in [-0.15, -0.1) is 12.1 Å². The molecule has 1 aliphatic carbocycles. The highest BCUT2D eigenvalue weighted by molar-refractivity contribution is 8.00. The fraction of sp³-hybridized carbons (Fsp3) is 0.778. The molecule has 0 aliphatic heterocycles. The van der Waals surface area contributed by atoms with Gasteiger partial charge in [-0.25, -0.2) is 0 Å². The average Bonchev–Trinajstić information content (AvgIpc) is 2.14. The van der Waals surface area contributed by atoms with Crippen molar-refractivity contribution in [3.8, 4) is 0 Å². The van der Waals surface area contributed by atoms with Crippen LogP contribution >= 0.6 is 11.8 Å². The number of hydrogen-bond acceptors (Lipinski definition) is 1. The zero-order valence-corrected chi connectivity index (χ0v) is 8.96. The van der Waals surface area contributed by atoms with E-state index in [-0.39, 0.29) is 5.75 Å². The van der Waals surface area contributed by atoms with Crippen LogP contribution in [0.15, 0.2) is 12.1 Å². The molecule has 1 aliphatic rings. The highest BCUT2D eigenvalue weighted by atomic mass is 32.2. The molecule has 0 spiro atoms. The van der Waals surface area contributed by atoms with Gasteiger partial charge < -0.3 is 12.9 Å². The molecular weight excluding hydrogens is 208 g/mol. The number of rotatable bonds is 4. The van der Waals surface area contributed by atoms with Crippen LogP contribution in [0.1, 0.15) is 32.1 Å². The lowest BCUT2D eigenvalue weighted by Gasteiger charge is -2.24. The van der Waals surface area contributed by atoms with Gasteiger partial charge in [-0.1, -0.05) is 19.3 Å². The first-order chi connectivity index (χ1) is 6.50. The summed E-state index contributed by atoms with van der Waals surface area (Å²) in [6, 6.07) is 0. The predicted octanol–water partition coefficient (Wildman–Crippen LogP) is 4.00. The summed E-state index contributed by atoms with van der Waals surface area (Å²) in [6.07, 6.45) is 5.72. The van der Waals surface area contributed by atoms with Gasteiger partial charge in [0, 0.05) is 5.25 Å². The third-order valence-corrected chi connectivity index (χ3v) is 4.00. The molecule has 0 unspecified atom stereocenters. The fourth-order valence-electron chi connectivity index (χ4n) is 1.55. The van der Waals surface area contributed by atoms with E-state index >= 15 is 0 Å². The first kappa shape index (κ1) is 12.0. The Bertz CT molecular complexity index is 197. The molecule has 1 fully saturated rings. The van der Waals surface area contributed by atoms with Crippen molar-refractivity contribution in [1.29, 1.82) is 0 Å². The van der Waals surface area contributed by atoms with Crippen LogP contribution in [0.2, 0.25) is 0 Å². The second-order valence-corrected chi connectivity index (χ2v) is 5.09. The Balaban J connectivity index is 2.22. The second kappa shape index (κ2) is 5.15. The van der Waals surface area contributed by atoms with E-state index in [1.165, 1.54) is 31.0 Å². The zero-order valence-electron chi connectivity index (χ0n) is 8.15. The Kier molecular flexibility index (Phi) is 4.42. The Morgan fingerprint density at radius 1 is 1.21 bits per heavy atom. The van der Waals surface area contributed by atoms with Crippen LogP contribution in [-0.2, 0) is 0 Å². The molecule has 0 aromatic carbocycles. The van der Waals surface area contributed by atoms with Gasteiger partial charge in [0.1, 0.15) is 0 Å². The zero-order chi connectivity index (χ0) is 10.6. The van der Waals surface area contributed by atoms with Crippen LogP contribution in [0.5, 0.6) is 0 Å². The van der Waals surface area contributed by atoms with Crippen molar-refractivity contribution in [2.24, 2.45) is 0 Å². The number of thioether (sulfide) groups is 1. The van der Waals surface area contributed by atoms with E-state index in [2.05, 4.69) is 6.58 Å². The molecule has 0 bridgehead atoms. The molecule has 14 heavy (non-hydrogen) atoms. The van der Waals surface area contributed by atoms with Crippen molar-refractivity contribution < 1.29 is 12.9 Å². The van der Waals surface area contributed by atoms with Gasteiger partial charge in [0.15, 0.2) is 0 Å². The van der Waals surface area contributed by atoms with Crippen LogP contribution < -0.4 is 0 Å². The number of halogens is 3. The van der Waals surface area contributed by atoms with Crippen molar-refractivity contribution in [1.82, 2.24) is 0 Å². The summed E-state index contributed by atoms with van der Waals surface area (Å²) in [5, 5.41) is 0.429. The molecule has 0 amide bonds. The minimum Gasteiger partial charge on any atom is -0.445 e. The molecule has 5 heteroatoms. The molecule has 0 N–H and O–H groups in total. The molecule has 1 rings (SSSR count). The first-order valence-electron chi connectivity index (χ1n) is 4.99. The summed E-state index contributed by atoms with van der Waals surface area (Å²) in [7, 11) is 0. The summed E-state index contributed by atoms with van der Waals surface area (Å²) >= 11 is 1.43. The molecule has 0 saturated heterocycles. The standard InChI is InChI=1S/C9H15BF3S/c1-8(10(11,12)13)7-14-9-5-3-2-4-6-9/h9H,1-7H2/q-1. The predicted molar refractivity (Wildman–Crippen MR) is 57.5 cm³/mol. The van der Waals surface area contributed by atoms with Crippen molar-refractivity contribution in [2.75, 3.05) is 5.75 Å². The van der Waals surface area contributed by atoms with E-state index in [0.717, 1.165) is 12.8 Å². The topological polar surface area (TPSA) is 0 Å². The van der Waals surface area contributed by atoms with E-state index in [4.69, 9.17) is 0 Å². The van der Waals surface area contributed by atoms with Crippen LogP contribution in [0.4, 0.5) is 12.9 Å². The number of hydrogen-bond donors (Lipinski definition) is 0. The summed E-state index contributed by atoms with van der Waals surface area (Å²) in [5.74, 6) is 0.0637. The lowest BCUT2D eigenvalue weighted by molar-refractivity contribution is 0.490. The molecule has 0 nitrogen and oxygen atoms in total. The molecular formula is C9H15BF3S-. The van der Waals surface area contributed by atoms with Crippen molar-refractivity contribution in [2.45, 2.75) is 37.4 Å². The normalized spacial score (nSPS) is 19.6. The lowest BCUT2D eigenvalue weighted by atomic mass is 9.82. The van der Waals surface area contributed by atoms with Gasteiger partial charge in [0.2, 0.25) is 0 Å². The quantitative estimate of drug-likeness (QED) is 0.649. The largest absolute Gasteiger partial charge is 0.505 e. The Hall–Kier alpha value is -0.0551. The van der Waals surface area contributed by atoms with E-state index < -0.39 is 12.4 Å². The van der Waals surface area contributed by atoms with Gasteiger partial charge in [-0.2, -0.15) is 11.8 Å². The average molecular weight is 223 g/mol. The summed E-state index contributed by atoms with van der Waals surface area (Å²) in [4.78, 5) is 0. The van der Waals surface area contributed by atoms with Gasteiger partial charge in [-0.3, -0.25) is 0 Å². The molecule has 0 aromatic heterocycles. The molecule has 0 aromatic rings. The monoisotopic (exact) mass is 223 g/mol. The van der Waals surface area contributed by atoms with Gasteiger partial charge in [-0.05, 0) is 18.6 Å². The fourth-order valence-corrected chi connectivity index (χ4v) is 2.86. The molecule has 0 atom stereocenters. The van der Waals surface area contributed by atoms with Crippen molar-refractivity contribution in [3.05, 3.63) is 12.1 Å². The lowest BCUT2D eigenvalue weighted by Crippen LogP contribution is -2.21. The minimum absolute atomic E-state index is 0.0637. The van der Waals surface area contributed by atoms with Crippen molar-refractivity contribution in [3.63, 3.8) is 0 Å².